The van der Waals surface area contributed by atoms with Crippen molar-refractivity contribution in [3.63, 3.8) is 0 Å². The first-order valence-corrected chi connectivity index (χ1v) is 3.34. The molecule has 1 heteroatoms. The molecule has 0 N–H and O–H groups in total. The highest BCUT2D eigenvalue weighted by molar-refractivity contribution is 5.22. The molecule has 1 aliphatic rings. The lowest BCUT2D eigenvalue weighted by Crippen LogP contribution is -1.98. The molecular weight excluding hydrogens is 112 g/mol. The fraction of sp³-hybridized carbons (Fsp3) is 0.375. The minimum atomic E-state index is 1.10. The average Bonchev–Trinajstić information content (AvgIpc) is 2.33. The molecule has 1 aromatic rings. The van der Waals surface area contributed by atoms with E-state index in [1.165, 1.54) is 17.7 Å². The molecule has 2 rings (SSSR count). The summed E-state index contributed by atoms with van der Waals surface area (Å²) in [5.41, 5.74) is 1.38. The van der Waals surface area contributed by atoms with E-state index >= 15 is 0 Å². The van der Waals surface area contributed by atoms with Gasteiger partial charge in [-0.25, -0.2) is 0 Å². The second-order valence-corrected chi connectivity index (χ2v) is 2.40. The van der Waals surface area contributed by atoms with Crippen molar-refractivity contribution in [1.82, 2.24) is 0 Å². The molecule has 0 aromatic carbocycles. The van der Waals surface area contributed by atoms with E-state index in [-0.39, 0.29) is 0 Å². The molecule has 0 spiro atoms. The quantitative estimate of drug-likeness (QED) is 0.511. The zero-order chi connectivity index (χ0) is 6.10. The minimum Gasteiger partial charge on any atom is -0.469 e. The van der Waals surface area contributed by atoms with Crippen LogP contribution in [0.5, 0.6) is 0 Å². The summed E-state index contributed by atoms with van der Waals surface area (Å²) in [4.78, 5) is 0. The van der Waals surface area contributed by atoms with E-state index in [1.807, 2.05) is 0 Å². The van der Waals surface area contributed by atoms with Gasteiger partial charge in [0.1, 0.15) is 5.76 Å². The summed E-state index contributed by atoms with van der Waals surface area (Å²) in [7, 11) is 0. The smallest absolute Gasteiger partial charge is 0.106 e. The lowest BCUT2D eigenvalue weighted by molar-refractivity contribution is 0.495. The van der Waals surface area contributed by atoms with Gasteiger partial charge >= 0.3 is 0 Å². The Balaban J connectivity index is 2.39. The Morgan fingerprint density at radius 1 is 1.44 bits per heavy atom. The standard InChI is InChI=1S/C8H9O/c1-2-4-8-7(3-1)5-6-9-8/h1,5-6H,2-4H2. The van der Waals surface area contributed by atoms with Crippen molar-refractivity contribution in [1.29, 1.82) is 0 Å². The van der Waals surface area contributed by atoms with E-state index in [1.54, 1.807) is 6.26 Å². The van der Waals surface area contributed by atoms with Crippen molar-refractivity contribution in [2.75, 3.05) is 0 Å². The van der Waals surface area contributed by atoms with Gasteiger partial charge in [0, 0.05) is 6.42 Å². The predicted octanol–water partition coefficient (Wildman–Crippen LogP) is 1.97. The molecule has 0 unspecified atom stereocenters. The molecule has 0 saturated heterocycles. The molecule has 0 saturated carbocycles. The molecule has 0 aliphatic heterocycles. The van der Waals surface area contributed by atoms with E-state index in [0.717, 1.165) is 12.8 Å². The van der Waals surface area contributed by atoms with E-state index in [0.29, 0.717) is 0 Å². The topological polar surface area (TPSA) is 13.1 Å². The van der Waals surface area contributed by atoms with Gasteiger partial charge in [-0.1, -0.05) is 0 Å². The molecule has 1 aromatic heterocycles. The van der Waals surface area contributed by atoms with Crippen LogP contribution in [-0.2, 0) is 12.8 Å². The molecule has 1 radical (unpaired) electrons. The maximum atomic E-state index is 5.24. The van der Waals surface area contributed by atoms with E-state index in [9.17, 15) is 0 Å². The first-order chi connectivity index (χ1) is 4.47. The summed E-state index contributed by atoms with van der Waals surface area (Å²) in [6.45, 7) is 0. The second kappa shape index (κ2) is 1.90. The van der Waals surface area contributed by atoms with Crippen molar-refractivity contribution < 1.29 is 4.42 Å². The fourth-order valence-corrected chi connectivity index (χ4v) is 1.26. The van der Waals surface area contributed by atoms with Gasteiger partial charge in [0.15, 0.2) is 0 Å². The Morgan fingerprint density at radius 2 is 2.44 bits per heavy atom. The highest BCUT2D eigenvalue weighted by Crippen LogP contribution is 2.20. The van der Waals surface area contributed by atoms with Crippen LogP contribution >= 0.6 is 0 Å². The van der Waals surface area contributed by atoms with Gasteiger partial charge in [-0.2, -0.15) is 0 Å². The van der Waals surface area contributed by atoms with Gasteiger partial charge in [0.05, 0.1) is 6.26 Å². The Labute approximate surface area is 54.7 Å². The maximum absolute atomic E-state index is 5.24. The van der Waals surface area contributed by atoms with Crippen LogP contribution < -0.4 is 0 Å². The Hall–Kier alpha value is -0.720. The molecule has 1 heterocycles. The lowest BCUT2D eigenvalue weighted by Gasteiger charge is -2.06. The van der Waals surface area contributed by atoms with Crippen LogP contribution in [0.3, 0.4) is 0 Å². The van der Waals surface area contributed by atoms with Crippen LogP contribution in [0, 0.1) is 6.42 Å². The summed E-state index contributed by atoms with van der Waals surface area (Å²) in [5, 5.41) is 0. The zero-order valence-electron chi connectivity index (χ0n) is 5.26. The maximum Gasteiger partial charge on any atom is 0.106 e. The minimum absolute atomic E-state index is 1.10. The second-order valence-electron chi connectivity index (χ2n) is 2.40. The first kappa shape index (κ1) is 5.10. The summed E-state index contributed by atoms with van der Waals surface area (Å²) in [6, 6.07) is 2.06. The van der Waals surface area contributed by atoms with Crippen LogP contribution in [0.2, 0.25) is 0 Å². The first-order valence-electron chi connectivity index (χ1n) is 3.34. The average molecular weight is 121 g/mol. The highest BCUT2D eigenvalue weighted by atomic mass is 16.3. The number of hydrogen-bond donors (Lipinski definition) is 0. The van der Waals surface area contributed by atoms with Gasteiger partial charge in [0.2, 0.25) is 0 Å². The van der Waals surface area contributed by atoms with Crippen molar-refractivity contribution in [3.8, 4) is 0 Å². The van der Waals surface area contributed by atoms with Crippen LogP contribution in [0.4, 0.5) is 0 Å². The van der Waals surface area contributed by atoms with E-state index < -0.39 is 0 Å². The van der Waals surface area contributed by atoms with Crippen LogP contribution in [0.1, 0.15) is 17.7 Å². The zero-order valence-corrected chi connectivity index (χ0v) is 5.26. The van der Waals surface area contributed by atoms with Crippen molar-refractivity contribution >= 4 is 0 Å². The molecule has 1 nitrogen and oxygen atoms in total. The largest absolute Gasteiger partial charge is 0.469 e. The number of hydrogen-bond acceptors (Lipinski definition) is 1. The summed E-state index contributed by atoms with van der Waals surface area (Å²) < 4.78 is 5.24. The third kappa shape index (κ3) is 0.766. The molecule has 9 heavy (non-hydrogen) atoms. The predicted molar refractivity (Wildman–Crippen MR) is 35.0 cm³/mol. The van der Waals surface area contributed by atoms with Crippen LogP contribution in [-0.4, -0.2) is 0 Å². The van der Waals surface area contributed by atoms with Gasteiger partial charge in [0.25, 0.3) is 0 Å². The number of furan rings is 1. The lowest BCUT2D eigenvalue weighted by atomic mass is 9.99. The molecule has 0 amide bonds. The third-order valence-corrected chi connectivity index (χ3v) is 1.78. The van der Waals surface area contributed by atoms with Gasteiger partial charge in [-0.05, 0) is 30.9 Å². The number of rotatable bonds is 0. The molecule has 1 aliphatic carbocycles. The number of aryl methyl sites for hydroxylation is 1. The van der Waals surface area contributed by atoms with E-state index in [4.69, 9.17) is 4.42 Å². The number of fused-ring (bicyclic) bond motifs is 1. The SMILES string of the molecule is [CH]1CCc2occc2C1. The summed E-state index contributed by atoms with van der Waals surface area (Å²) >= 11 is 0. The van der Waals surface area contributed by atoms with Crippen molar-refractivity contribution in [2.45, 2.75) is 19.3 Å². The summed E-state index contributed by atoms with van der Waals surface area (Å²) in [5.74, 6) is 1.19. The summed E-state index contributed by atoms with van der Waals surface area (Å²) in [6.07, 6.45) is 7.47. The third-order valence-electron chi connectivity index (χ3n) is 1.78. The molecule has 0 bridgehead atoms. The van der Waals surface area contributed by atoms with Gasteiger partial charge in [-0.15, -0.1) is 0 Å². The Kier molecular flexibility index (Phi) is 1.08. The normalized spacial score (nSPS) is 17.3. The monoisotopic (exact) mass is 121 g/mol. The van der Waals surface area contributed by atoms with Gasteiger partial charge < -0.3 is 4.42 Å². The van der Waals surface area contributed by atoms with Crippen LogP contribution in [0.25, 0.3) is 0 Å². The molecule has 0 atom stereocenters. The highest BCUT2D eigenvalue weighted by Gasteiger charge is 2.10. The molecular formula is C8H9O. The van der Waals surface area contributed by atoms with Gasteiger partial charge in [-0.3, -0.25) is 0 Å². The molecule has 47 valence electrons. The van der Waals surface area contributed by atoms with Crippen molar-refractivity contribution in [2.24, 2.45) is 0 Å². The Morgan fingerprint density at radius 3 is 3.33 bits per heavy atom. The molecule has 0 fully saturated rings. The van der Waals surface area contributed by atoms with E-state index in [2.05, 4.69) is 12.5 Å². The van der Waals surface area contributed by atoms with Crippen LogP contribution in [0.15, 0.2) is 16.7 Å². The fourth-order valence-electron chi connectivity index (χ4n) is 1.26. The van der Waals surface area contributed by atoms with Crippen molar-refractivity contribution in [3.05, 3.63) is 30.1 Å². The Bertz CT molecular complexity index is 180.